The van der Waals surface area contributed by atoms with Crippen LogP contribution in [0.3, 0.4) is 0 Å². The average molecular weight is 277 g/mol. The Morgan fingerprint density at radius 3 is 2.33 bits per heavy atom. The van der Waals surface area contributed by atoms with Gasteiger partial charge in [-0.15, -0.1) is 0 Å². The summed E-state index contributed by atoms with van der Waals surface area (Å²) in [6.07, 6.45) is 8.27. The van der Waals surface area contributed by atoms with Crippen molar-refractivity contribution in [1.82, 2.24) is 0 Å². The van der Waals surface area contributed by atoms with Gasteiger partial charge in [-0.2, -0.15) is 0 Å². The zero-order chi connectivity index (χ0) is 11.3. The van der Waals surface area contributed by atoms with Crippen LogP contribution in [0.5, 0.6) is 0 Å². The fourth-order valence-electron chi connectivity index (χ4n) is 2.68. The maximum atomic E-state index is 6.11. The van der Waals surface area contributed by atoms with E-state index >= 15 is 0 Å². The van der Waals surface area contributed by atoms with Gasteiger partial charge in [-0.25, -0.2) is 0 Å². The van der Waals surface area contributed by atoms with Crippen molar-refractivity contribution in [2.75, 3.05) is 5.33 Å². The van der Waals surface area contributed by atoms with Crippen LogP contribution in [0.4, 0.5) is 0 Å². The largest absolute Gasteiger partial charge is 0.371 e. The third kappa shape index (κ3) is 4.07. The maximum absolute atomic E-state index is 6.11. The SMILES string of the molecule is CCCC1CCC(CBr)(OC(C)C)CC1. The van der Waals surface area contributed by atoms with Gasteiger partial charge < -0.3 is 4.74 Å². The summed E-state index contributed by atoms with van der Waals surface area (Å²) in [5.74, 6) is 0.956. The number of hydrogen-bond donors (Lipinski definition) is 0. The molecule has 0 radical (unpaired) electrons. The van der Waals surface area contributed by atoms with E-state index in [-0.39, 0.29) is 5.60 Å². The highest BCUT2D eigenvalue weighted by Crippen LogP contribution is 2.38. The lowest BCUT2D eigenvalue weighted by Gasteiger charge is -2.40. The Kier molecular flexibility index (Phi) is 5.62. The molecule has 15 heavy (non-hydrogen) atoms. The van der Waals surface area contributed by atoms with Gasteiger partial charge in [0.1, 0.15) is 0 Å². The van der Waals surface area contributed by atoms with Gasteiger partial charge in [0, 0.05) is 5.33 Å². The van der Waals surface area contributed by atoms with Crippen LogP contribution >= 0.6 is 15.9 Å². The van der Waals surface area contributed by atoms with Crippen LogP contribution in [0.15, 0.2) is 0 Å². The molecule has 0 spiro atoms. The monoisotopic (exact) mass is 276 g/mol. The van der Waals surface area contributed by atoms with Gasteiger partial charge in [0.05, 0.1) is 11.7 Å². The van der Waals surface area contributed by atoms with Crippen molar-refractivity contribution in [1.29, 1.82) is 0 Å². The molecule has 0 bridgehead atoms. The smallest absolute Gasteiger partial charge is 0.0782 e. The lowest BCUT2D eigenvalue weighted by molar-refractivity contribution is -0.0913. The molecule has 0 atom stereocenters. The lowest BCUT2D eigenvalue weighted by atomic mass is 9.78. The van der Waals surface area contributed by atoms with Crippen molar-refractivity contribution in [3.63, 3.8) is 0 Å². The molecule has 90 valence electrons. The van der Waals surface area contributed by atoms with E-state index in [2.05, 4.69) is 36.7 Å². The summed E-state index contributed by atoms with van der Waals surface area (Å²) in [6, 6.07) is 0. The number of halogens is 1. The zero-order valence-corrected chi connectivity index (χ0v) is 12.0. The Morgan fingerprint density at radius 1 is 1.33 bits per heavy atom. The Morgan fingerprint density at radius 2 is 1.93 bits per heavy atom. The Labute approximate surface area is 103 Å². The van der Waals surface area contributed by atoms with Gasteiger partial charge >= 0.3 is 0 Å². The van der Waals surface area contributed by atoms with Crippen LogP contribution in [0.2, 0.25) is 0 Å². The molecule has 1 aliphatic carbocycles. The van der Waals surface area contributed by atoms with Gasteiger partial charge in [-0.3, -0.25) is 0 Å². The van der Waals surface area contributed by atoms with E-state index in [0.717, 1.165) is 11.2 Å². The predicted molar refractivity (Wildman–Crippen MR) is 69.6 cm³/mol. The molecule has 1 fully saturated rings. The lowest BCUT2D eigenvalue weighted by Crippen LogP contribution is -2.40. The first-order valence-electron chi connectivity index (χ1n) is 6.35. The minimum atomic E-state index is 0.137. The predicted octanol–water partition coefficient (Wildman–Crippen LogP) is 4.54. The van der Waals surface area contributed by atoms with E-state index in [1.54, 1.807) is 0 Å². The molecule has 0 N–H and O–H groups in total. The number of ether oxygens (including phenoxy) is 1. The van der Waals surface area contributed by atoms with Crippen molar-refractivity contribution >= 4 is 15.9 Å². The quantitative estimate of drug-likeness (QED) is 0.670. The van der Waals surface area contributed by atoms with E-state index in [1.807, 2.05) is 0 Å². The third-order valence-corrected chi connectivity index (χ3v) is 4.46. The number of alkyl halides is 1. The normalized spacial score (nSPS) is 32.2. The van der Waals surface area contributed by atoms with Crippen molar-refractivity contribution < 1.29 is 4.74 Å². The number of hydrogen-bond acceptors (Lipinski definition) is 1. The summed E-state index contributed by atoms with van der Waals surface area (Å²) in [4.78, 5) is 0. The molecular weight excluding hydrogens is 252 g/mol. The second-order valence-corrected chi connectivity index (χ2v) is 5.78. The van der Waals surface area contributed by atoms with E-state index < -0.39 is 0 Å². The summed E-state index contributed by atoms with van der Waals surface area (Å²) in [6.45, 7) is 6.57. The Balaban J connectivity index is 2.43. The highest BCUT2D eigenvalue weighted by atomic mass is 79.9. The minimum absolute atomic E-state index is 0.137. The standard InChI is InChI=1S/C13H25BrO/c1-4-5-12-6-8-13(10-14,9-7-12)15-11(2)3/h11-12H,4-10H2,1-3H3. The van der Waals surface area contributed by atoms with Gasteiger partial charge in [0.15, 0.2) is 0 Å². The van der Waals surface area contributed by atoms with Crippen LogP contribution in [0.1, 0.15) is 59.3 Å². The molecule has 0 aromatic carbocycles. The Hall–Kier alpha value is 0.440. The van der Waals surface area contributed by atoms with Crippen LogP contribution in [-0.2, 0) is 4.74 Å². The first-order chi connectivity index (χ1) is 7.12. The molecule has 1 rings (SSSR count). The van der Waals surface area contributed by atoms with Crippen molar-refractivity contribution in [3.8, 4) is 0 Å². The van der Waals surface area contributed by atoms with Gasteiger partial charge in [0.2, 0.25) is 0 Å². The second kappa shape index (κ2) is 6.24. The summed E-state index contributed by atoms with van der Waals surface area (Å²) in [5.41, 5.74) is 0.137. The maximum Gasteiger partial charge on any atom is 0.0782 e. The molecule has 1 nitrogen and oxygen atoms in total. The number of rotatable bonds is 5. The van der Waals surface area contributed by atoms with Crippen molar-refractivity contribution in [3.05, 3.63) is 0 Å². The molecule has 1 saturated carbocycles. The highest BCUT2D eigenvalue weighted by Gasteiger charge is 2.35. The molecular formula is C13H25BrO. The van der Waals surface area contributed by atoms with Gasteiger partial charge in [0.25, 0.3) is 0 Å². The fraction of sp³-hybridized carbons (Fsp3) is 1.00. The molecule has 0 saturated heterocycles. The third-order valence-electron chi connectivity index (χ3n) is 3.44. The van der Waals surface area contributed by atoms with Crippen molar-refractivity contribution in [2.45, 2.75) is 71.0 Å². The summed E-state index contributed by atoms with van der Waals surface area (Å²) in [5, 5.41) is 0.997. The van der Waals surface area contributed by atoms with Crippen LogP contribution < -0.4 is 0 Å². The van der Waals surface area contributed by atoms with E-state index in [9.17, 15) is 0 Å². The molecule has 0 amide bonds. The zero-order valence-electron chi connectivity index (χ0n) is 10.4. The fourth-order valence-corrected chi connectivity index (χ4v) is 3.38. The topological polar surface area (TPSA) is 9.23 Å². The minimum Gasteiger partial charge on any atom is -0.371 e. The molecule has 0 aliphatic heterocycles. The van der Waals surface area contributed by atoms with Gasteiger partial charge in [-0.1, -0.05) is 35.7 Å². The van der Waals surface area contributed by atoms with Crippen LogP contribution in [0, 0.1) is 5.92 Å². The summed E-state index contributed by atoms with van der Waals surface area (Å²) < 4.78 is 6.11. The Bertz CT molecular complexity index is 171. The average Bonchev–Trinajstić information content (AvgIpc) is 2.21. The first-order valence-corrected chi connectivity index (χ1v) is 7.48. The molecule has 0 aromatic rings. The van der Waals surface area contributed by atoms with Crippen molar-refractivity contribution in [2.24, 2.45) is 5.92 Å². The van der Waals surface area contributed by atoms with E-state index in [4.69, 9.17) is 4.74 Å². The molecule has 0 heterocycles. The second-order valence-electron chi connectivity index (χ2n) is 5.22. The van der Waals surface area contributed by atoms with E-state index in [0.29, 0.717) is 6.10 Å². The van der Waals surface area contributed by atoms with E-state index in [1.165, 1.54) is 38.5 Å². The summed E-state index contributed by atoms with van der Waals surface area (Å²) in [7, 11) is 0. The summed E-state index contributed by atoms with van der Waals surface area (Å²) >= 11 is 3.63. The highest BCUT2D eigenvalue weighted by molar-refractivity contribution is 9.09. The molecule has 1 aliphatic rings. The van der Waals surface area contributed by atoms with Crippen LogP contribution in [-0.4, -0.2) is 17.0 Å². The van der Waals surface area contributed by atoms with Crippen LogP contribution in [0.25, 0.3) is 0 Å². The molecule has 0 aromatic heterocycles. The van der Waals surface area contributed by atoms with Gasteiger partial charge in [-0.05, 0) is 45.4 Å². The molecule has 2 heteroatoms. The molecule has 0 unspecified atom stereocenters. The first kappa shape index (κ1) is 13.5.